The summed E-state index contributed by atoms with van der Waals surface area (Å²) in [7, 11) is 0. The van der Waals surface area contributed by atoms with Crippen LogP contribution in [0.5, 0.6) is 0 Å². The van der Waals surface area contributed by atoms with E-state index in [0.29, 0.717) is 23.1 Å². The van der Waals surface area contributed by atoms with Gasteiger partial charge in [0.2, 0.25) is 0 Å². The summed E-state index contributed by atoms with van der Waals surface area (Å²) in [5, 5.41) is 0. The first-order valence-electron chi connectivity index (χ1n) is 8.83. The zero-order valence-electron chi connectivity index (χ0n) is 14.9. The summed E-state index contributed by atoms with van der Waals surface area (Å²) in [6.07, 6.45) is 11.0. The van der Waals surface area contributed by atoms with Crippen LogP contribution in [0.3, 0.4) is 0 Å². The van der Waals surface area contributed by atoms with Gasteiger partial charge in [0.05, 0.1) is 17.3 Å². The zero-order valence-corrected chi connectivity index (χ0v) is 14.9. The summed E-state index contributed by atoms with van der Waals surface area (Å²) in [4.78, 5) is 8.84. The van der Waals surface area contributed by atoms with Gasteiger partial charge in [-0.2, -0.15) is 0 Å². The fourth-order valence-electron chi connectivity index (χ4n) is 3.75. The van der Waals surface area contributed by atoms with E-state index in [-0.39, 0.29) is 11.9 Å². The fraction of sp³-hybridized carbons (Fsp3) is 0.400. The number of nitrogen functional groups attached to an aromatic ring is 1. The lowest BCUT2D eigenvalue weighted by Crippen LogP contribution is -2.19. The molecule has 1 saturated carbocycles. The topological polar surface area (TPSA) is 56.7 Å². The Kier molecular flexibility index (Phi) is 5.02. The summed E-state index contributed by atoms with van der Waals surface area (Å²) in [6, 6.07) is 2.12. The molecular formula is C20H25FN4. The summed E-state index contributed by atoms with van der Waals surface area (Å²) >= 11 is 0. The van der Waals surface area contributed by atoms with E-state index in [4.69, 9.17) is 10.7 Å². The molecule has 1 fully saturated rings. The fourth-order valence-corrected chi connectivity index (χ4v) is 3.75. The molecule has 0 bridgehead atoms. The Hall–Kier alpha value is -2.43. The summed E-state index contributed by atoms with van der Waals surface area (Å²) in [6.45, 7) is 7.71. The van der Waals surface area contributed by atoms with E-state index >= 15 is 0 Å². The number of hydrogen-bond acceptors (Lipinski definition) is 3. The van der Waals surface area contributed by atoms with Crippen molar-refractivity contribution in [1.82, 2.24) is 14.5 Å². The van der Waals surface area contributed by atoms with Gasteiger partial charge >= 0.3 is 0 Å². The highest BCUT2D eigenvalue weighted by Crippen LogP contribution is 2.38. The average Bonchev–Trinajstić information content (AvgIpc) is 2.97. The number of aromatic nitrogens is 3. The molecule has 0 aliphatic heterocycles. The minimum Gasteiger partial charge on any atom is -0.384 e. The van der Waals surface area contributed by atoms with Crippen LogP contribution in [0, 0.1) is 5.92 Å². The maximum atomic E-state index is 14.5. The molecule has 132 valence electrons. The Morgan fingerprint density at radius 3 is 2.92 bits per heavy atom. The van der Waals surface area contributed by atoms with Crippen molar-refractivity contribution in [1.29, 1.82) is 0 Å². The van der Waals surface area contributed by atoms with E-state index in [0.717, 1.165) is 30.3 Å². The summed E-state index contributed by atoms with van der Waals surface area (Å²) < 4.78 is 16.7. The minimum absolute atomic E-state index is 0.281. The van der Waals surface area contributed by atoms with Crippen molar-refractivity contribution in [3.63, 3.8) is 0 Å². The second-order valence-electron chi connectivity index (χ2n) is 6.79. The van der Waals surface area contributed by atoms with Gasteiger partial charge in [-0.15, -0.1) is 0 Å². The van der Waals surface area contributed by atoms with Crippen LogP contribution in [-0.2, 0) is 0 Å². The smallest absolute Gasteiger partial charge is 0.144 e. The lowest BCUT2D eigenvalue weighted by Gasteiger charge is -2.29. The molecule has 2 aromatic heterocycles. The minimum atomic E-state index is -0.376. The molecule has 0 amide bonds. The number of anilines is 1. The first kappa shape index (κ1) is 17.4. The standard InChI is InChI=1S/C20H25FN4/c1-4-7-15(16(21)5-2)20-24-17-12-23-19(22)11-18(17)25(20)14-9-6-8-13(3)10-14/h4-5,7,11-14H,2,6,8-10H2,1,3H3,(H2,22,23)/b7-4-,16-15-. The molecule has 25 heavy (non-hydrogen) atoms. The molecule has 0 radical (unpaired) electrons. The van der Waals surface area contributed by atoms with Gasteiger partial charge < -0.3 is 10.3 Å². The van der Waals surface area contributed by atoms with Crippen molar-refractivity contribution in [2.45, 2.75) is 45.6 Å². The molecule has 5 heteroatoms. The van der Waals surface area contributed by atoms with E-state index in [2.05, 4.69) is 23.1 Å². The highest BCUT2D eigenvalue weighted by Gasteiger charge is 2.26. The highest BCUT2D eigenvalue weighted by molar-refractivity contribution is 5.84. The van der Waals surface area contributed by atoms with Gasteiger partial charge in [-0.05, 0) is 31.8 Å². The van der Waals surface area contributed by atoms with Crippen LogP contribution < -0.4 is 5.73 Å². The Balaban J connectivity index is 2.27. The van der Waals surface area contributed by atoms with E-state index < -0.39 is 0 Å². The molecule has 0 spiro atoms. The molecule has 2 atom stereocenters. The van der Waals surface area contributed by atoms with Crippen LogP contribution in [0.25, 0.3) is 16.6 Å². The predicted molar refractivity (Wildman–Crippen MR) is 102 cm³/mol. The van der Waals surface area contributed by atoms with Crippen molar-refractivity contribution in [2.75, 3.05) is 5.73 Å². The number of hydrogen-bond donors (Lipinski definition) is 1. The molecule has 2 N–H and O–H groups in total. The van der Waals surface area contributed by atoms with Gasteiger partial charge in [0.25, 0.3) is 0 Å². The van der Waals surface area contributed by atoms with Crippen molar-refractivity contribution in [3.8, 4) is 0 Å². The predicted octanol–water partition coefficient (Wildman–Crippen LogP) is 5.21. The molecular weight excluding hydrogens is 315 g/mol. The van der Waals surface area contributed by atoms with Gasteiger partial charge in [0.15, 0.2) is 0 Å². The Bertz CT molecular complexity index is 847. The molecule has 0 saturated heterocycles. The number of allylic oxidation sites excluding steroid dienone is 5. The van der Waals surface area contributed by atoms with Crippen molar-refractivity contribution >= 4 is 22.4 Å². The van der Waals surface area contributed by atoms with E-state index in [1.54, 1.807) is 12.3 Å². The summed E-state index contributed by atoms with van der Waals surface area (Å²) in [5.41, 5.74) is 8.02. The number of fused-ring (bicyclic) bond motifs is 1. The SMILES string of the molecule is C=C/C(F)=C(\C=C/C)c1nc2cnc(N)cc2n1C1CCCC(C)C1. The second-order valence-corrected chi connectivity index (χ2v) is 6.79. The molecule has 3 rings (SSSR count). The lowest BCUT2D eigenvalue weighted by atomic mass is 9.86. The number of halogens is 1. The summed E-state index contributed by atoms with van der Waals surface area (Å²) in [5.74, 6) is 1.34. The van der Waals surface area contributed by atoms with Crippen LogP contribution in [0.2, 0.25) is 0 Å². The van der Waals surface area contributed by atoms with Gasteiger partial charge in [0, 0.05) is 12.1 Å². The van der Waals surface area contributed by atoms with E-state index in [9.17, 15) is 4.39 Å². The third kappa shape index (κ3) is 3.36. The quantitative estimate of drug-likeness (QED) is 0.778. The lowest BCUT2D eigenvalue weighted by molar-refractivity contribution is 0.285. The van der Waals surface area contributed by atoms with E-state index in [1.807, 2.05) is 19.1 Å². The van der Waals surface area contributed by atoms with Crippen LogP contribution in [0.15, 0.2) is 42.9 Å². The Morgan fingerprint density at radius 1 is 1.44 bits per heavy atom. The number of imidazole rings is 1. The normalized spacial score (nSPS) is 22.4. The van der Waals surface area contributed by atoms with Crippen molar-refractivity contribution < 1.29 is 4.39 Å². The number of rotatable bonds is 4. The van der Waals surface area contributed by atoms with Gasteiger partial charge in [0.1, 0.15) is 23.0 Å². The number of nitrogens with two attached hydrogens (primary N) is 1. The number of nitrogens with zero attached hydrogens (tertiary/aromatic N) is 3. The Morgan fingerprint density at radius 2 is 2.24 bits per heavy atom. The van der Waals surface area contributed by atoms with Crippen LogP contribution in [0.4, 0.5) is 10.2 Å². The van der Waals surface area contributed by atoms with Crippen LogP contribution in [-0.4, -0.2) is 14.5 Å². The molecule has 2 aromatic rings. The van der Waals surface area contributed by atoms with Crippen molar-refractivity contribution in [2.24, 2.45) is 5.92 Å². The van der Waals surface area contributed by atoms with Gasteiger partial charge in [-0.25, -0.2) is 14.4 Å². The maximum Gasteiger partial charge on any atom is 0.144 e. The molecule has 2 unspecified atom stereocenters. The largest absolute Gasteiger partial charge is 0.384 e. The maximum absolute atomic E-state index is 14.5. The van der Waals surface area contributed by atoms with Crippen LogP contribution in [0.1, 0.15) is 51.4 Å². The second kappa shape index (κ2) is 7.21. The zero-order chi connectivity index (χ0) is 18.0. The third-order valence-electron chi connectivity index (χ3n) is 4.88. The van der Waals surface area contributed by atoms with Crippen molar-refractivity contribution in [3.05, 3.63) is 48.7 Å². The first-order valence-corrected chi connectivity index (χ1v) is 8.83. The first-order chi connectivity index (χ1) is 12.0. The highest BCUT2D eigenvalue weighted by atomic mass is 19.1. The third-order valence-corrected chi connectivity index (χ3v) is 4.88. The molecule has 1 aliphatic rings. The Labute approximate surface area is 148 Å². The van der Waals surface area contributed by atoms with Gasteiger partial charge in [-0.1, -0.05) is 38.5 Å². The monoisotopic (exact) mass is 340 g/mol. The molecule has 2 heterocycles. The van der Waals surface area contributed by atoms with Crippen LogP contribution >= 0.6 is 0 Å². The molecule has 1 aliphatic carbocycles. The molecule has 4 nitrogen and oxygen atoms in total. The molecule has 0 aromatic carbocycles. The number of pyridine rings is 1. The van der Waals surface area contributed by atoms with Gasteiger partial charge in [-0.3, -0.25) is 0 Å². The average molecular weight is 340 g/mol. The van der Waals surface area contributed by atoms with E-state index in [1.165, 1.54) is 12.5 Å².